The predicted molar refractivity (Wildman–Crippen MR) is 66.8 cm³/mol. The second-order valence-electron chi connectivity index (χ2n) is 3.64. The zero-order chi connectivity index (χ0) is 14.4. The summed E-state index contributed by atoms with van der Waals surface area (Å²) in [5.74, 6) is -1.03. The Kier molecular flexibility index (Phi) is 5.17. The lowest BCUT2D eigenvalue weighted by atomic mass is 10.0. The third-order valence-electron chi connectivity index (χ3n) is 2.49. The first-order chi connectivity index (χ1) is 9.03. The van der Waals surface area contributed by atoms with Gasteiger partial charge in [0.05, 0.1) is 32.8 Å². The van der Waals surface area contributed by atoms with Crippen molar-refractivity contribution in [3.63, 3.8) is 0 Å². The van der Waals surface area contributed by atoms with Gasteiger partial charge in [-0.3, -0.25) is 4.79 Å². The van der Waals surface area contributed by atoms with E-state index in [0.717, 1.165) is 0 Å². The molecule has 0 aliphatic rings. The summed E-state index contributed by atoms with van der Waals surface area (Å²) in [6.45, 7) is 1.92. The third-order valence-corrected chi connectivity index (χ3v) is 2.49. The van der Waals surface area contributed by atoms with Crippen molar-refractivity contribution in [2.24, 2.45) is 0 Å². The number of ether oxygens (including phenoxy) is 3. The van der Waals surface area contributed by atoms with Crippen molar-refractivity contribution >= 4 is 11.9 Å². The number of aromatic carboxylic acids is 1. The summed E-state index contributed by atoms with van der Waals surface area (Å²) in [6.07, 6.45) is -0.164. The van der Waals surface area contributed by atoms with Gasteiger partial charge in [0, 0.05) is 11.6 Å². The number of hydrogen-bond acceptors (Lipinski definition) is 5. The number of esters is 1. The average molecular weight is 268 g/mol. The second-order valence-corrected chi connectivity index (χ2v) is 3.64. The van der Waals surface area contributed by atoms with Crippen LogP contribution in [0.15, 0.2) is 12.1 Å². The Morgan fingerprint density at radius 2 is 1.89 bits per heavy atom. The van der Waals surface area contributed by atoms with Crippen LogP contribution in [0.1, 0.15) is 22.8 Å². The molecule has 6 heteroatoms. The molecule has 0 aliphatic carbocycles. The van der Waals surface area contributed by atoms with E-state index in [2.05, 4.69) is 0 Å². The van der Waals surface area contributed by atoms with Gasteiger partial charge in [-0.15, -0.1) is 0 Å². The molecule has 104 valence electrons. The molecule has 0 spiro atoms. The lowest BCUT2D eigenvalue weighted by molar-refractivity contribution is -0.142. The van der Waals surface area contributed by atoms with Crippen molar-refractivity contribution < 1.29 is 28.9 Å². The molecule has 6 nitrogen and oxygen atoms in total. The van der Waals surface area contributed by atoms with Gasteiger partial charge in [-0.25, -0.2) is 4.79 Å². The Hall–Kier alpha value is -2.24. The van der Waals surface area contributed by atoms with E-state index in [1.165, 1.54) is 26.4 Å². The average Bonchev–Trinajstić information content (AvgIpc) is 2.38. The molecule has 0 saturated heterocycles. The van der Waals surface area contributed by atoms with Crippen LogP contribution in [0.5, 0.6) is 11.5 Å². The molecule has 0 bridgehead atoms. The van der Waals surface area contributed by atoms with E-state index in [1.54, 1.807) is 6.92 Å². The Morgan fingerprint density at radius 1 is 1.21 bits per heavy atom. The van der Waals surface area contributed by atoms with Crippen molar-refractivity contribution in [2.75, 3.05) is 20.8 Å². The first-order valence-electron chi connectivity index (χ1n) is 5.67. The van der Waals surface area contributed by atoms with E-state index < -0.39 is 11.9 Å². The van der Waals surface area contributed by atoms with Crippen LogP contribution >= 0.6 is 0 Å². The summed E-state index contributed by atoms with van der Waals surface area (Å²) < 4.78 is 14.9. The largest absolute Gasteiger partial charge is 0.497 e. The van der Waals surface area contributed by atoms with E-state index >= 15 is 0 Å². The van der Waals surface area contributed by atoms with Crippen LogP contribution < -0.4 is 9.47 Å². The van der Waals surface area contributed by atoms with Crippen molar-refractivity contribution in [3.05, 3.63) is 23.3 Å². The molecule has 19 heavy (non-hydrogen) atoms. The van der Waals surface area contributed by atoms with E-state index in [4.69, 9.17) is 14.2 Å². The van der Waals surface area contributed by atoms with Crippen molar-refractivity contribution in [1.82, 2.24) is 0 Å². The monoisotopic (exact) mass is 268 g/mol. The van der Waals surface area contributed by atoms with Crippen LogP contribution in [-0.4, -0.2) is 37.9 Å². The maximum Gasteiger partial charge on any atom is 0.336 e. The van der Waals surface area contributed by atoms with Gasteiger partial charge in [-0.05, 0) is 13.0 Å². The van der Waals surface area contributed by atoms with E-state index in [9.17, 15) is 14.7 Å². The van der Waals surface area contributed by atoms with Crippen LogP contribution in [0.2, 0.25) is 0 Å². The van der Waals surface area contributed by atoms with Gasteiger partial charge >= 0.3 is 11.9 Å². The minimum Gasteiger partial charge on any atom is -0.497 e. The molecule has 0 fully saturated rings. The molecular weight excluding hydrogens is 252 g/mol. The normalized spacial score (nSPS) is 9.84. The van der Waals surface area contributed by atoms with Gasteiger partial charge in [0.1, 0.15) is 11.5 Å². The molecule has 0 unspecified atom stereocenters. The second kappa shape index (κ2) is 6.63. The number of carboxylic acid groups (broad SMARTS) is 1. The Balaban J connectivity index is 3.25. The fourth-order valence-electron chi connectivity index (χ4n) is 1.65. The summed E-state index contributed by atoms with van der Waals surface area (Å²) in [5.41, 5.74) is 0.235. The minimum absolute atomic E-state index is 0.0377. The molecule has 1 N–H and O–H groups in total. The number of benzene rings is 1. The first kappa shape index (κ1) is 14.8. The minimum atomic E-state index is -1.16. The Bertz CT molecular complexity index is 480. The number of methoxy groups -OCH3 is 2. The number of rotatable bonds is 6. The molecule has 0 amide bonds. The Labute approximate surface area is 110 Å². The zero-order valence-corrected chi connectivity index (χ0v) is 11.1. The molecule has 1 aromatic carbocycles. The van der Waals surface area contributed by atoms with Crippen LogP contribution in [0, 0.1) is 0 Å². The predicted octanol–water partition coefficient (Wildman–Crippen LogP) is 1.51. The van der Waals surface area contributed by atoms with Gasteiger partial charge in [0.15, 0.2) is 0 Å². The molecule has 1 rings (SSSR count). The number of carboxylic acids is 1. The van der Waals surface area contributed by atoms with E-state index in [0.29, 0.717) is 5.75 Å². The summed E-state index contributed by atoms with van der Waals surface area (Å²) in [5, 5.41) is 9.19. The van der Waals surface area contributed by atoms with E-state index in [-0.39, 0.29) is 29.9 Å². The molecule has 1 aromatic rings. The molecule has 0 saturated carbocycles. The fraction of sp³-hybridized carbons (Fsp3) is 0.385. The van der Waals surface area contributed by atoms with Gasteiger partial charge in [-0.1, -0.05) is 0 Å². The van der Waals surface area contributed by atoms with Crippen LogP contribution in [0.4, 0.5) is 0 Å². The number of carbonyl (C=O) groups excluding carboxylic acids is 1. The van der Waals surface area contributed by atoms with Gasteiger partial charge < -0.3 is 19.3 Å². The zero-order valence-electron chi connectivity index (χ0n) is 11.1. The van der Waals surface area contributed by atoms with Crippen molar-refractivity contribution in [1.29, 1.82) is 0 Å². The third kappa shape index (κ3) is 3.61. The molecule has 0 atom stereocenters. The maximum atomic E-state index is 11.5. The summed E-state index contributed by atoms with van der Waals surface area (Å²) in [6, 6.07) is 2.88. The fourth-order valence-corrected chi connectivity index (χ4v) is 1.65. The molecule has 0 heterocycles. The highest BCUT2D eigenvalue weighted by Crippen LogP contribution is 2.29. The highest BCUT2D eigenvalue weighted by Gasteiger charge is 2.20. The van der Waals surface area contributed by atoms with Crippen molar-refractivity contribution in [2.45, 2.75) is 13.3 Å². The summed E-state index contributed by atoms with van der Waals surface area (Å²) >= 11 is 0. The Morgan fingerprint density at radius 3 is 2.37 bits per heavy atom. The lowest BCUT2D eigenvalue weighted by Gasteiger charge is -2.13. The van der Waals surface area contributed by atoms with Crippen LogP contribution in [-0.2, 0) is 16.0 Å². The maximum absolute atomic E-state index is 11.5. The SMILES string of the molecule is CCOC(=O)Cc1c(OC)cc(OC)cc1C(=O)O. The number of carbonyl (C=O) groups is 2. The number of hydrogen-bond donors (Lipinski definition) is 1. The van der Waals surface area contributed by atoms with Gasteiger partial charge in [0.25, 0.3) is 0 Å². The highest BCUT2D eigenvalue weighted by molar-refractivity contribution is 5.92. The molecule has 0 radical (unpaired) electrons. The lowest BCUT2D eigenvalue weighted by Crippen LogP contribution is -2.13. The molecular formula is C13H16O6. The summed E-state index contributed by atoms with van der Waals surface area (Å²) in [7, 11) is 2.82. The van der Waals surface area contributed by atoms with Gasteiger partial charge in [-0.2, -0.15) is 0 Å². The quantitative estimate of drug-likeness (QED) is 0.787. The van der Waals surface area contributed by atoms with Crippen LogP contribution in [0.3, 0.4) is 0 Å². The smallest absolute Gasteiger partial charge is 0.336 e. The molecule has 0 aliphatic heterocycles. The van der Waals surface area contributed by atoms with E-state index in [1.807, 2.05) is 0 Å². The molecule has 0 aromatic heterocycles. The topological polar surface area (TPSA) is 82.1 Å². The van der Waals surface area contributed by atoms with Crippen molar-refractivity contribution in [3.8, 4) is 11.5 Å². The highest BCUT2D eigenvalue weighted by atomic mass is 16.5. The van der Waals surface area contributed by atoms with Gasteiger partial charge in [0.2, 0.25) is 0 Å². The first-order valence-corrected chi connectivity index (χ1v) is 5.67. The standard InChI is InChI=1S/C13H16O6/c1-4-19-12(14)7-9-10(13(15)16)5-8(17-2)6-11(9)18-3/h5-6H,4,7H2,1-3H3,(H,15,16). The van der Waals surface area contributed by atoms with Crippen LogP contribution in [0.25, 0.3) is 0 Å². The summed E-state index contributed by atoms with van der Waals surface area (Å²) in [4.78, 5) is 22.7.